The van der Waals surface area contributed by atoms with Crippen LogP contribution < -0.4 is 4.90 Å². The van der Waals surface area contributed by atoms with Crippen molar-refractivity contribution >= 4 is 49.6 Å². The van der Waals surface area contributed by atoms with E-state index in [1.807, 2.05) is 0 Å². The van der Waals surface area contributed by atoms with Gasteiger partial charge >= 0.3 is 0 Å². The van der Waals surface area contributed by atoms with Crippen molar-refractivity contribution in [3.8, 4) is 61.3 Å². The maximum atomic E-state index is 2.43. The monoisotopic (exact) mass is 840 g/mol. The molecular weight excluding hydrogens is 797 g/mol. The first-order chi connectivity index (χ1) is 32.7. The molecule has 0 saturated carbocycles. The van der Waals surface area contributed by atoms with Crippen molar-refractivity contribution in [2.45, 2.75) is 0 Å². The number of fused-ring (bicyclic) bond motifs is 4. The smallest absolute Gasteiger partial charge is 0.0541 e. The van der Waals surface area contributed by atoms with Crippen LogP contribution in [-0.4, -0.2) is 4.57 Å². The number of hydrogen-bond donors (Lipinski definition) is 0. The molecule has 0 aliphatic heterocycles. The van der Waals surface area contributed by atoms with Crippen molar-refractivity contribution in [2.75, 3.05) is 4.90 Å². The van der Waals surface area contributed by atoms with Crippen molar-refractivity contribution in [1.82, 2.24) is 4.57 Å². The standard InChI is InChI=1S/C64H44N2/c1-3-17-45(18-4-1)51-23-15-24-54(43-51)65(53-40-37-47(38-41-53)46-33-35-50(36-34-46)56-29-16-22-48-21-7-8-25-55(48)56)64-42-39-52(44-60(64)49-19-5-2-6-20-49)57-26-9-12-30-61(57)66-62-31-13-10-27-58(62)59-28-11-14-32-63(59)66/h1-44H. The van der Waals surface area contributed by atoms with E-state index in [9.17, 15) is 0 Å². The normalized spacial score (nSPS) is 11.3. The van der Waals surface area contributed by atoms with Crippen LogP contribution in [0.25, 0.3) is 93.9 Å². The van der Waals surface area contributed by atoms with E-state index in [1.54, 1.807) is 0 Å². The molecule has 0 aliphatic carbocycles. The van der Waals surface area contributed by atoms with Crippen LogP contribution in [0.5, 0.6) is 0 Å². The molecule has 2 heteroatoms. The Kier molecular flexibility index (Phi) is 9.89. The van der Waals surface area contributed by atoms with Gasteiger partial charge in [-0.1, -0.05) is 212 Å². The quantitative estimate of drug-likeness (QED) is 0.141. The molecule has 0 bridgehead atoms. The SMILES string of the molecule is c1ccc(-c2cccc(N(c3ccc(-c4ccc(-c5cccc6ccccc56)cc4)cc3)c3ccc(-c4ccccc4-n4c5ccccc5c5ccccc54)cc3-c3ccccc3)c2)cc1. The summed E-state index contributed by atoms with van der Waals surface area (Å²) in [6.07, 6.45) is 0. The van der Waals surface area contributed by atoms with Gasteiger partial charge < -0.3 is 9.47 Å². The molecule has 0 atom stereocenters. The second-order valence-electron chi connectivity index (χ2n) is 16.9. The first-order valence-electron chi connectivity index (χ1n) is 22.7. The predicted molar refractivity (Wildman–Crippen MR) is 280 cm³/mol. The van der Waals surface area contributed by atoms with Gasteiger partial charge in [0.25, 0.3) is 0 Å². The molecule has 0 aliphatic rings. The van der Waals surface area contributed by atoms with Gasteiger partial charge in [-0.25, -0.2) is 0 Å². The number of nitrogens with zero attached hydrogens (tertiary/aromatic N) is 2. The first kappa shape index (κ1) is 38.9. The van der Waals surface area contributed by atoms with Crippen molar-refractivity contribution < 1.29 is 0 Å². The Morgan fingerprint density at radius 1 is 0.258 bits per heavy atom. The fourth-order valence-electron chi connectivity index (χ4n) is 9.85. The van der Waals surface area contributed by atoms with Crippen LogP contribution in [0, 0.1) is 0 Å². The predicted octanol–water partition coefficient (Wildman–Crippen LogP) is 17.7. The Bertz CT molecular complexity index is 3620. The van der Waals surface area contributed by atoms with Crippen molar-refractivity contribution in [1.29, 1.82) is 0 Å². The van der Waals surface area contributed by atoms with E-state index in [2.05, 4.69) is 276 Å². The minimum absolute atomic E-state index is 1.08. The Balaban J connectivity index is 0.996. The highest BCUT2D eigenvalue weighted by molar-refractivity contribution is 6.10. The van der Waals surface area contributed by atoms with E-state index in [0.717, 1.165) is 39.4 Å². The molecule has 0 saturated heterocycles. The van der Waals surface area contributed by atoms with Crippen LogP contribution in [0.15, 0.2) is 267 Å². The maximum Gasteiger partial charge on any atom is 0.0541 e. The Labute approximate surface area is 385 Å². The van der Waals surface area contributed by atoms with Crippen LogP contribution >= 0.6 is 0 Å². The zero-order valence-electron chi connectivity index (χ0n) is 36.3. The third kappa shape index (κ3) is 7.02. The lowest BCUT2D eigenvalue weighted by atomic mass is 9.94. The van der Waals surface area contributed by atoms with Crippen LogP contribution in [0.4, 0.5) is 17.1 Å². The van der Waals surface area contributed by atoms with Gasteiger partial charge in [-0.15, -0.1) is 0 Å². The number of anilines is 3. The number of para-hydroxylation sites is 3. The van der Waals surface area contributed by atoms with Crippen molar-refractivity contribution in [3.05, 3.63) is 267 Å². The molecule has 12 rings (SSSR count). The fourth-order valence-corrected chi connectivity index (χ4v) is 9.85. The van der Waals surface area contributed by atoms with Gasteiger partial charge in [-0.3, -0.25) is 0 Å². The molecule has 66 heavy (non-hydrogen) atoms. The summed E-state index contributed by atoms with van der Waals surface area (Å²) in [6, 6.07) is 96.9. The van der Waals surface area contributed by atoms with Gasteiger partial charge in [0.1, 0.15) is 0 Å². The number of aromatic nitrogens is 1. The molecule has 11 aromatic carbocycles. The van der Waals surface area contributed by atoms with Crippen molar-refractivity contribution in [3.63, 3.8) is 0 Å². The number of benzene rings is 11. The van der Waals surface area contributed by atoms with Gasteiger partial charge in [0.2, 0.25) is 0 Å². The summed E-state index contributed by atoms with van der Waals surface area (Å²) in [4.78, 5) is 2.42. The van der Waals surface area contributed by atoms with E-state index in [1.165, 1.54) is 71.5 Å². The molecule has 310 valence electrons. The van der Waals surface area contributed by atoms with Gasteiger partial charge in [0.05, 0.1) is 22.4 Å². The third-order valence-corrected chi connectivity index (χ3v) is 13.0. The molecule has 0 fully saturated rings. The molecule has 2 nitrogen and oxygen atoms in total. The summed E-state index contributed by atoms with van der Waals surface area (Å²) in [5.41, 5.74) is 18.6. The average Bonchev–Trinajstić information content (AvgIpc) is 3.74. The van der Waals surface area contributed by atoms with E-state index >= 15 is 0 Å². The lowest BCUT2D eigenvalue weighted by Gasteiger charge is -2.29. The molecule has 1 heterocycles. The van der Waals surface area contributed by atoms with Crippen molar-refractivity contribution in [2.24, 2.45) is 0 Å². The molecule has 12 aromatic rings. The highest BCUT2D eigenvalue weighted by atomic mass is 15.1. The lowest BCUT2D eigenvalue weighted by Crippen LogP contribution is -2.11. The summed E-state index contributed by atoms with van der Waals surface area (Å²) >= 11 is 0. The highest BCUT2D eigenvalue weighted by Crippen LogP contribution is 2.45. The van der Waals surface area contributed by atoms with E-state index in [0.29, 0.717) is 0 Å². The summed E-state index contributed by atoms with van der Waals surface area (Å²) in [6.45, 7) is 0. The minimum Gasteiger partial charge on any atom is -0.310 e. The lowest BCUT2D eigenvalue weighted by molar-refractivity contribution is 1.18. The Morgan fingerprint density at radius 3 is 1.47 bits per heavy atom. The fraction of sp³-hybridized carbons (Fsp3) is 0. The summed E-state index contributed by atoms with van der Waals surface area (Å²) < 4.78 is 2.43. The topological polar surface area (TPSA) is 8.17 Å². The molecule has 0 N–H and O–H groups in total. The molecule has 1 aromatic heterocycles. The minimum atomic E-state index is 1.08. The Morgan fingerprint density at radius 2 is 0.742 bits per heavy atom. The van der Waals surface area contributed by atoms with Gasteiger partial charge in [-0.2, -0.15) is 0 Å². The summed E-state index contributed by atoms with van der Waals surface area (Å²) in [5, 5.41) is 5.02. The van der Waals surface area contributed by atoms with Crippen LogP contribution in [0.1, 0.15) is 0 Å². The third-order valence-electron chi connectivity index (χ3n) is 13.0. The van der Waals surface area contributed by atoms with Crippen LogP contribution in [0.2, 0.25) is 0 Å². The average molecular weight is 841 g/mol. The second kappa shape index (κ2) is 16.8. The van der Waals surface area contributed by atoms with Gasteiger partial charge in [0.15, 0.2) is 0 Å². The largest absolute Gasteiger partial charge is 0.310 e. The summed E-state index contributed by atoms with van der Waals surface area (Å²) in [7, 11) is 0. The van der Waals surface area contributed by atoms with E-state index in [-0.39, 0.29) is 0 Å². The van der Waals surface area contributed by atoms with Crippen LogP contribution in [-0.2, 0) is 0 Å². The zero-order valence-corrected chi connectivity index (χ0v) is 36.3. The summed E-state index contributed by atoms with van der Waals surface area (Å²) in [5.74, 6) is 0. The first-order valence-corrected chi connectivity index (χ1v) is 22.7. The molecule has 0 spiro atoms. The molecular formula is C64H44N2. The van der Waals surface area contributed by atoms with Gasteiger partial charge in [-0.05, 0) is 110 Å². The Hall–Kier alpha value is -8.72. The number of hydrogen-bond acceptors (Lipinski definition) is 1. The second-order valence-corrected chi connectivity index (χ2v) is 16.9. The molecule has 0 amide bonds. The zero-order chi connectivity index (χ0) is 43.8. The number of rotatable bonds is 9. The van der Waals surface area contributed by atoms with E-state index < -0.39 is 0 Å². The molecule has 0 radical (unpaired) electrons. The highest BCUT2D eigenvalue weighted by Gasteiger charge is 2.21. The van der Waals surface area contributed by atoms with Crippen LogP contribution in [0.3, 0.4) is 0 Å². The van der Waals surface area contributed by atoms with Gasteiger partial charge in [0, 0.05) is 33.3 Å². The molecule has 0 unspecified atom stereocenters. The maximum absolute atomic E-state index is 2.43. The van der Waals surface area contributed by atoms with E-state index in [4.69, 9.17) is 0 Å².